The number of nitrogens with two attached hydrogens (primary N) is 1. The van der Waals surface area contributed by atoms with Gasteiger partial charge in [-0.25, -0.2) is 0 Å². The van der Waals surface area contributed by atoms with Crippen molar-refractivity contribution in [1.29, 1.82) is 0 Å². The van der Waals surface area contributed by atoms with Gasteiger partial charge in [-0.15, -0.1) is 0 Å². The molecule has 2 saturated heterocycles. The van der Waals surface area contributed by atoms with E-state index in [0.717, 1.165) is 18.5 Å². The maximum atomic E-state index is 6.15. The molecule has 0 aromatic heterocycles. The molecule has 0 amide bonds. The average molecular weight is 237 g/mol. The van der Waals surface area contributed by atoms with Gasteiger partial charge in [-0.1, -0.05) is 6.92 Å². The minimum Gasteiger partial charge on any atom is -0.329 e. The van der Waals surface area contributed by atoms with Crippen LogP contribution in [0.1, 0.15) is 39.0 Å². The zero-order chi connectivity index (χ0) is 11.9. The molecule has 2 heterocycles. The molecule has 1 aliphatic carbocycles. The Morgan fingerprint density at radius 3 is 2.41 bits per heavy atom. The topological polar surface area (TPSA) is 32.5 Å². The van der Waals surface area contributed by atoms with Crippen molar-refractivity contribution in [2.75, 3.05) is 32.7 Å². The lowest BCUT2D eigenvalue weighted by Crippen LogP contribution is -2.57. The van der Waals surface area contributed by atoms with Gasteiger partial charge in [-0.05, 0) is 51.1 Å². The summed E-state index contributed by atoms with van der Waals surface area (Å²) >= 11 is 0. The van der Waals surface area contributed by atoms with Gasteiger partial charge in [-0.2, -0.15) is 0 Å². The second-order valence-corrected chi connectivity index (χ2v) is 6.55. The monoisotopic (exact) mass is 237 g/mol. The van der Waals surface area contributed by atoms with Crippen molar-refractivity contribution >= 4 is 0 Å². The van der Waals surface area contributed by atoms with E-state index < -0.39 is 0 Å². The number of likely N-dealkylation sites (tertiary alicyclic amines) is 2. The van der Waals surface area contributed by atoms with E-state index in [-0.39, 0.29) is 0 Å². The van der Waals surface area contributed by atoms with Gasteiger partial charge in [0, 0.05) is 31.2 Å². The summed E-state index contributed by atoms with van der Waals surface area (Å²) in [6.07, 6.45) is 6.89. The van der Waals surface area contributed by atoms with Crippen molar-refractivity contribution in [2.24, 2.45) is 11.7 Å². The Balaban J connectivity index is 1.65. The van der Waals surface area contributed by atoms with Crippen molar-refractivity contribution in [3.8, 4) is 0 Å². The van der Waals surface area contributed by atoms with E-state index >= 15 is 0 Å². The van der Waals surface area contributed by atoms with Gasteiger partial charge >= 0.3 is 0 Å². The molecule has 0 bridgehead atoms. The van der Waals surface area contributed by atoms with Gasteiger partial charge in [0.2, 0.25) is 0 Å². The highest BCUT2D eigenvalue weighted by molar-refractivity contribution is 5.04. The van der Waals surface area contributed by atoms with Gasteiger partial charge in [0.15, 0.2) is 0 Å². The molecular formula is C14H27N3. The van der Waals surface area contributed by atoms with Crippen LogP contribution < -0.4 is 5.73 Å². The number of rotatable bonds is 3. The van der Waals surface area contributed by atoms with E-state index in [1.807, 2.05) is 0 Å². The van der Waals surface area contributed by atoms with Crippen molar-refractivity contribution < 1.29 is 0 Å². The van der Waals surface area contributed by atoms with Gasteiger partial charge in [-0.3, -0.25) is 9.80 Å². The number of hydrogen-bond acceptors (Lipinski definition) is 3. The molecule has 0 aromatic rings. The lowest BCUT2D eigenvalue weighted by Gasteiger charge is -2.44. The summed E-state index contributed by atoms with van der Waals surface area (Å²) in [5.41, 5.74) is 6.47. The first-order valence-corrected chi connectivity index (χ1v) is 7.43. The summed E-state index contributed by atoms with van der Waals surface area (Å²) in [6.45, 7) is 8.31. The molecule has 0 aromatic carbocycles. The van der Waals surface area contributed by atoms with Crippen molar-refractivity contribution in [2.45, 2.75) is 50.6 Å². The molecule has 3 fully saturated rings. The lowest BCUT2D eigenvalue weighted by molar-refractivity contribution is 0.0622. The first kappa shape index (κ1) is 11.9. The Labute approximate surface area is 105 Å². The summed E-state index contributed by atoms with van der Waals surface area (Å²) in [5.74, 6) is 0.919. The maximum Gasteiger partial charge on any atom is 0.0470 e. The molecule has 3 nitrogen and oxygen atoms in total. The summed E-state index contributed by atoms with van der Waals surface area (Å²) in [4.78, 5) is 5.42. The Morgan fingerprint density at radius 2 is 1.82 bits per heavy atom. The number of nitrogens with zero attached hydrogens (tertiary/aromatic N) is 2. The highest BCUT2D eigenvalue weighted by Crippen LogP contribution is 2.37. The molecule has 1 atom stereocenters. The lowest BCUT2D eigenvalue weighted by atomic mass is 9.90. The first-order valence-electron chi connectivity index (χ1n) is 7.43. The van der Waals surface area contributed by atoms with Crippen molar-refractivity contribution in [1.82, 2.24) is 9.80 Å². The molecule has 0 spiro atoms. The summed E-state index contributed by atoms with van der Waals surface area (Å²) in [6, 6.07) is 0.909. The largest absolute Gasteiger partial charge is 0.329 e. The highest BCUT2D eigenvalue weighted by atomic mass is 15.3. The molecule has 3 rings (SSSR count). The number of hydrogen-bond donors (Lipinski definition) is 1. The third-order valence-electron chi connectivity index (χ3n) is 5.26. The molecule has 1 unspecified atom stereocenters. The van der Waals surface area contributed by atoms with Gasteiger partial charge in [0.25, 0.3) is 0 Å². The van der Waals surface area contributed by atoms with E-state index in [9.17, 15) is 0 Å². The average Bonchev–Trinajstić information content (AvgIpc) is 3.11. The third-order valence-corrected chi connectivity index (χ3v) is 5.26. The number of piperidine rings is 1. The highest BCUT2D eigenvalue weighted by Gasteiger charge is 2.46. The quantitative estimate of drug-likeness (QED) is 0.803. The molecule has 3 heteroatoms. The fourth-order valence-corrected chi connectivity index (χ4v) is 3.68. The van der Waals surface area contributed by atoms with E-state index in [1.54, 1.807) is 0 Å². The molecule has 3 aliphatic rings. The second kappa shape index (κ2) is 4.52. The second-order valence-electron chi connectivity index (χ2n) is 6.55. The smallest absolute Gasteiger partial charge is 0.0470 e. The molecule has 1 saturated carbocycles. The summed E-state index contributed by atoms with van der Waals surface area (Å²) in [5, 5.41) is 0. The molecule has 2 N–H and O–H groups in total. The molecule has 98 valence electrons. The fraction of sp³-hybridized carbons (Fsp3) is 1.00. The van der Waals surface area contributed by atoms with Crippen molar-refractivity contribution in [3.05, 3.63) is 0 Å². The Kier molecular flexibility index (Phi) is 3.18. The van der Waals surface area contributed by atoms with Crippen LogP contribution in [0.2, 0.25) is 0 Å². The van der Waals surface area contributed by atoms with Crippen LogP contribution in [-0.2, 0) is 0 Å². The zero-order valence-electron chi connectivity index (χ0n) is 11.2. The normalized spacial score (nSPS) is 37.8. The van der Waals surface area contributed by atoms with Crippen LogP contribution in [0.5, 0.6) is 0 Å². The Bertz CT molecular complexity index is 269. The van der Waals surface area contributed by atoms with Crippen LogP contribution in [0.4, 0.5) is 0 Å². The Morgan fingerprint density at radius 1 is 1.12 bits per heavy atom. The fourth-order valence-electron chi connectivity index (χ4n) is 3.68. The van der Waals surface area contributed by atoms with E-state index in [2.05, 4.69) is 16.7 Å². The van der Waals surface area contributed by atoms with Crippen LogP contribution >= 0.6 is 0 Å². The molecule has 2 aliphatic heterocycles. The molecular weight excluding hydrogens is 210 g/mol. The van der Waals surface area contributed by atoms with Crippen LogP contribution in [-0.4, -0.2) is 54.1 Å². The van der Waals surface area contributed by atoms with E-state index in [1.165, 1.54) is 58.3 Å². The minimum absolute atomic E-state index is 0.322. The van der Waals surface area contributed by atoms with Crippen molar-refractivity contribution in [3.63, 3.8) is 0 Å². The standard InChI is InChI=1S/C14H27N3/c1-12-4-7-17(8-5-12)14(10-15)6-9-16(11-14)13-2-3-13/h12-13H,2-11,15H2,1H3. The summed E-state index contributed by atoms with van der Waals surface area (Å²) in [7, 11) is 0. The van der Waals surface area contributed by atoms with E-state index in [4.69, 9.17) is 5.73 Å². The first-order chi connectivity index (χ1) is 8.23. The predicted octanol–water partition coefficient (Wildman–Crippen LogP) is 1.28. The summed E-state index contributed by atoms with van der Waals surface area (Å²) < 4.78 is 0. The van der Waals surface area contributed by atoms with Crippen LogP contribution in [0.25, 0.3) is 0 Å². The zero-order valence-corrected chi connectivity index (χ0v) is 11.2. The predicted molar refractivity (Wildman–Crippen MR) is 71.0 cm³/mol. The van der Waals surface area contributed by atoms with Gasteiger partial charge in [0.1, 0.15) is 0 Å². The molecule has 0 radical (unpaired) electrons. The SMILES string of the molecule is CC1CCN(C2(CN)CCN(C3CC3)C2)CC1. The minimum atomic E-state index is 0.322. The van der Waals surface area contributed by atoms with Crippen LogP contribution in [0.3, 0.4) is 0 Å². The van der Waals surface area contributed by atoms with E-state index in [0.29, 0.717) is 5.54 Å². The Hall–Kier alpha value is -0.120. The maximum absolute atomic E-state index is 6.15. The van der Waals surface area contributed by atoms with Gasteiger partial charge < -0.3 is 5.73 Å². The van der Waals surface area contributed by atoms with Crippen LogP contribution in [0, 0.1) is 5.92 Å². The van der Waals surface area contributed by atoms with Crippen LogP contribution in [0.15, 0.2) is 0 Å². The third kappa shape index (κ3) is 2.25. The molecule has 17 heavy (non-hydrogen) atoms. The van der Waals surface area contributed by atoms with Gasteiger partial charge in [0.05, 0.1) is 0 Å².